The third-order valence-electron chi connectivity index (χ3n) is 3.92. The van der Waals surface area contributed by atoms with Gasteiger partial charge in [-0.3, -0.25) is 19.6 Å². The summed E-state index contributed by atoms with van der Waals surface area (Å²) in [5, 5.41) is 11.8. The number of nitrogens with one attached hydrogen (secondary N) is 3. The van der Waals surface area contributed by atoms with Crippen LogP contribution in [-0.4, -0.2) is 48.3 Å². The highest BCUT2D eigenvalue weighted by Gasteiger charge is 2.22. The van der Waals surface area contributed by atoms with Gasteiger partial charge in [0.25, 0.3) is 5.56 Å². The van der Waals surface area contributed by atoms with E-state index in [2.05, 4.69) is 20.3 Å². The van der Waals surface area contributed by atoms with E-state index in [1.165, 1.54) is 35.8 Å². The summed E-state index contributed by atoms with van der Waals surface area (Å²) in [6.07, 6.45) is 0. The number of fused-ring (bicyclic) bond motifs is 1. The minimum absolute atomic E-state index is 0.0272. The van der Waals surface area contributed by atoms with Gasteiger partial charge in [0.2, 0.25) is 5.91 Å². The monoisotopic (exact) mass is 421 g/mol. The van der Waals surface area contributed by atoms with Gasteiger partial charge in [0, 0.05) is 12.7 Å². The molecule has 1 amide bonds. The Morgan fingerprint density at radius 2 is 1.97 bits per heavy atom. The molecule has 1 atom stereocenters. The summed E-state index contributed by atoms with van der Waals surface area (Å²) in [6, 6.07) is 4.45. The standard InChI is InChI=1S/C17H16FN5O5S/c1-8(24)19-11(15(26)27)7-29-17-20-12-13(21-16(28)22-14(12)25)23(17)6-9-2-4-10(18)5-3-9/h2-5,11H,6-7H2,1H3,(H,19,24)(H,26,27)(H2,21,22,25,28)/t11-/m0/s1. The maximum absolute atomic E-state index is 13.2. The van der Waals surface area contributed by atoms with E-state index in [4.69, 9.17) is 0 Å². The Balaban J connectivity index is 2.01. The van der Waals surface area contributed by atoms with Gasteiger partial charge in [0.1, 0.15) is 17.5 Å². The minimum Gasteiger partial charge on any atom is -0.480 e. The molecule has 0 unspecified atom stereocenters. The molecule has 0 aliphatic carbocycles. The lowest BCUT2D eigenvalue weighted by atomic mass is 10.2. The van der Waals surface area contributed by atoms with Gasteiger partial charge >= 0.3 is 11.7 Å². The second-order valence-corrected chi connectivity index (χ2v) is 7.10. The smallest absolute Gasteiger partial charge is 0.327 e. The van der Waals surface area contributed by atoms with E-state index in [0.717, 1.165) is 11.8 Å². The van der Waals surface area contributed by atoms with Crippen LogP contribution in [0.2, 0.25) is 0 Å². The van der Waals surface area contributed by atoms with Crippen LogP contribution in [0.3, 0.4) is 0 Å². The number of carboxylic acids is 1. The first kappa shape index (κ1) is 20.3. The molecule has 0 saturated heterocycles. The molecule has 3 aromatic rings. The van der Waals surface area contributed by atoms with E-state index in [-0.39, 0.29) is 28.6 Å². The van der Waals surface area contributed by atoms with Crippen LogP contribution in [0.15, 0.2) is 39.0 Å². The second kappa shape index (κ2) is 8.31. The fraction of sp³-hybridized carbons (Fsp3) is 0.235. The Bertz CT molecular complexity index is 1180. The molecular formula is C17H16FN5O5S. The van der Waals surface area contributed by atoms with Crippen molar-refractivity contribution < 1.29 is 19.1 Å². The number of carbonyl (C=O) groups excluding carboxylic acids is 1. The summed E-state index contributed by atoms with van der Waals surface area (Å²) < 4.78 is 14.7. The van der Waals surface area contributed by atoms with Crippen molar-refractivity contribution in [1.82, 2.24) is 24.8 Å². The number of benzene rings is 1. The van der Waals surface area contributed by atoms with Gasteiger partial charge < -0.3 is 15.0 Å². The highest BCUT2D eigenvalue weighted by Crippen LogP contribution is 2.23. The molecule has 1 aromatic carbocycles. The predicted octanol–water partition coefficient (Wildman–Crippen LogP) is 0.282. The molecule has 2 aromatic heterocycles. The molecule has 0 bridgehead atoms. The maximum atomic E-state index is 13.2. The highest BCUT2D eigenvalue weighted by molar-refractivity contribution is 7.99. The number of hydrogen-bond acceptors (Lipinski definition) is 6. The Hall–Kier alpha value is -3.41. The molecule has 29 heavy (non-hydrogen) atoms. The van der Waals surface area contributed by atoms with Crippen molar-refractivity contribution in [2.45, 2.75) is 24.7 Å². The van der Waals surface area contributed by atoms with Gasteiger partial charge in [-0.15, -0.1) is 0 Å². The van der Waals surface area contributed by atoms with E-state index in [9.17, 15) is 28.7 Å². The van der Waals surface area contributed by atoms with Crippen LogP contribution >= 0.6 is 11.8 Å². The van der Waals surface area contributed by atoms with Crippen LogP contribution in [0.1, 0.15) is 12.5 Å². The van der Waals surface area contributed by atoms with Gasteiger partial charge in [0.15, 0.2) is 10.7 Å². The lowest BCUT2D eigenvalue weighted by molar-refractivity contribution is -0.140. The first-order valence-corrected chi connectivity index (χ1v) is 9.33. The summed E-state index contributed by atoms with van der Waals surface area (Å²) in [7, 11) is 0. The zero-order chi connectivity index (χ0) is 21.1. The molecular weight excluding hydrogens is 405 g/mol. The summed E-state index contributed by atoms with van der Waals surface area (Å²) in [5.74, 6) is -2.20. The Kier molecular flexibility index (Phi) is 5.82. The number of rotatable bonds is 7. The number of carbonyl (C=O) groups is 2. The van der Waals surface area contributed by atoms with Crippen molar-refractivity contribution in [3.63, 3.8) is 0 Å². The lowest BCUT2D eigenvalue weighted by Gasteiger charge is -2.13. The largest absolute Gasteiger partial charge is 0.480 e. The zero-order valence-corrected chi connectivity index (χ0v) is 15.9. The van der Waals surface area contributed by atoms with Gasteiger partial charge in [-0.2, -0.15) is 0 Å². The van der Waals surface area contributed by atoms with Crippen LogP contribution in [0.5, 0.6) is 0 Å². The van der Waals surface area contributed by atoms with Gasteiger partial charge in [0.05, 0.1) is 6.54 Å². The number of aromatic nitrogens is 4. The second-order valence-electron chi connectivity index (χ2n) is 6.11. The fourth-order valence-corrected chi connectivity index (χ4v) is 3.63. The van der Waals surface area contributed by atoms with Gasteiger partial charge in [-0.05, 0) is 17.7 Å². The maximum Gasteiger partial charge on any atom is 0.327 e. The molecule has 4 N–H and O–H groups in total. The van der Waals surface area contributed by atoms with Crippen LogP contribution in [-0.2, 0) is 16.1 Å². The zero-order valence-electron chi connectivity index (χ0n) is 15.1. The minimum atomic E-state index is -1.22. The first-order valence-electron chi connectivity index (χ1n) is 8.34. The Labute approximate surface area is 166 Å². The number of halogens is 1. The highest BCUT2D eigenvalue weighted by atomic mass is 32.2. The number of amides is 1. The SMILES string of the molecule is CC(=O)N[C@@H](CSc1nc2c(=O)[nH]c(=O)[nH]c2n1Cc1ccc(F)cc1)C(=O)O. The van der Waals surface area contributed by atoms with Crippen LogP contribution in [0.4, 0.5) is 4.39 Å². The number of hydrogen-bond donors (Lipinski definition) is 4. The summed E-state index contributed by atoms with van der Waals surface area (Å²) >= 11 is 0.996. The molecule has 10 nitrogen and oxygen atoms in total. The third-order valence-corrected chi connectivity index (χ3v) is 4.99. The Morgan fingerprint density at radius 3 is 2.59 bits per heavy atom. The summed E-state index contributed by atoms with van der Waals surface area (Å²) in [5.41, 5.74) is -0.621. The number of nitrogens with zero attached hydrogens (tertiary/aromatic N) is 2. The molecule has 0 radical (unpaired) electrons. The van der Waals surface area contributed by atoms with E-state index >= 15 is 0 Å². The molecule has 12 heteroatoms. The van der Waals surface area contributed by atoms with Crippen LogP contribution < -0.4 is 16.6 Å². The van der Waals surface area contributed by atoms with Crippen molar-refractivity contribution in [3.05, 3.63) is 56.5 Å². The number of aliphatic carboxylic acids is 1. The topological polar surface area (TPSA) is 150 Å². The van der Waals surface area contributed by atoms with Gasteiger partial charge in [-0.25, -0.2) is 19.0 Å². The average Bonchev–Trinajstić information content (AvgIpc) is 2.98. The number of imidazole rings is 1. The molecule has 0 saturated carbocycles. The first-order chi connectivity index (χ1) is 13.7. The Morgan fingerprint density at radius 1 is 1.28 bits per heavy atom. The number of carboxylic acid groups (broad SMARTS) is 1. The molecule has 152 valence electrons. The molecule has 2 heterocycles. The van der Waals surface area contributed by atoms with E-state index in [1.54, 1.807) is 0 Å². The number of H-pyrrole nitrogens is 2. The molecule has 0 aliphatic heterocycles. The van der Waals surface area contributed by atoms with E-state index < -0.39 is 35.0 Å². The number of thioether (sulfide) groups is 1. The quantitative estimate of drug-likeness (QED) is 0.400. The fourth-order valence-electron chi connectivity index (χ4n) is 2.63. The lowest BCUT2D eigenvalue weighted by Crippen LogP contribution is -2.41. The summed E-state index contributed by atoms with van der Waals surface area (Å²) in [4.78, 5) is 55.1. The van der Waals surface area contributed by atoms with Crippen LogP contribution in [0, 0.1) is 5.82 Å². The number of aromatic amines is 2. The summed E-state index contributed by atoms with van der Waals surface area (Å²) in [6.45, 7) is 1.35. The van der Waals surface area contributed by atoms with Crippen molar-refractivity contribution in [2.75, 3.05) is 5.75 Å². The predicted molar refractivity (Wildman–Crippen MR) is 102 cm³/mol. The molecule has 0 aliphatic rings. The van der Waals surface area contributed by atoms with Gasteiger partial charge in [-0.1, -0.05) is 23.9 Å². The van der Waals surface area contributed by atoms with Crippen LogP contribution in [0.25, 0.3) is 11.2 Å². The van der Waals surface area contributed by atoms with Crippen molar-refractivity contribution in [2.24, 2.45) is 0 Å². The third kappa shape index (κ3) is 4.71. The van der Waals surface area contributed by atoms with E-state index in [0.29, 0.717) is 5.56 Å². The molecule has 0 fully saturated rings. The van der Waals surface area contributed by atoms with Crippen molar-refractivity contribution in [3.8, 4) is 0 Å². The van der Waals surface area contributed by atoms with E-state index in [1.807, 2.05) is 0 Å². The molecule has 0 spiro atoms. The normalized spacial score (nSPS) is 12.1. The van der Waals surface area contributed by atoms with Crippen molar-refractivity contribution >= 4 is 34.8 Å². The van der Waals surface area contributed by atoms with Crippen molar-refractivity contribution in [1.29, 1.82) is 0 Å². The molecule has 3 rings (SSSR count). The average molecular weight is 421 g/mol.